The van der Waals surface area contributed by atoms with Crippen molar-refractivity contribution in [1.82, 2.24) is 10.0 Å². The summed E-state index contributed by atoms with van der Waals surface area (Å²) >= 11 is 1.47. The van der Waals surface area contributed by atoms with Crippen LogP contribution in [0.5, 0.6) is 0 Å². The van der Waals surface area contributed by atoms with Crippen molar-refractivity contribution in [2.45, 2.75) is 24.8 Å². The fourth-order valence-electron chi connectivity index (χ4n) is 2.92. The Balaban J connectivity index is 1.95. The third-order valence-electron chi connectivity index (χ3n) is 4.40. The summed E-state index contributed by atoms with van der Waals surface area (Å²) in [7, 11) is -3.68. The molecule has 152 valence electrons. The Morgan fingerprint density at radius 2 is 1.86 bits per heavy atom. The molecule has 1 aromatic heterocycles. The first kappa shape index (κ1) is 21.2. The average molecular weight is 433 g/mol. The summed E-state index contributed by atoms with van der Waals surface area (Å²) in [4.78, 5) is 14.0. The quantitative estimate of drug-likeness (QED) is 0.592. The maximum absolute atomic E-state index is 13.3. The van der Waals surface area contributed by atoms with Gasteiger partial charge in [-0.15, -0.1) is 11.3 Å². The number of carbonyl (C=O) groups excluding carboxylic acids is 1. The van der Waals surface area contributed by atoms with Crippen molar-refractivity contribution in [3.8, 4) is 0 Å². The number of thiophene rings is 1. The number of hydrogen-bond acceptors (Lipinski definition) is 4. The smallest absolute Gasteiger partial charge is 0.252 e. The molecule has 29 heavy (non-hydrogen) atoms. The van der Waals surface area contributed by atoms with E-state index in [2.05, 4.69) is 10.0 Å². The summed E-state index contributed by atoms with van der Waals surface area (Å²) < 4.78 is 40.4. The number of halogens is 1. The molecule has 8 heteroatoms. The summed E-state index contributed by atoms with van der Waals surface area (Å²) in [6.45, 7) is 3.69. The lowest BCUT2D eigenvalue weighted by molar-refractivity contribution is 0.0942. The minimum atomic E-state index is -3.68. The largest absolute Gasteiger partial charge is 0.340 e. The number of nitrogens with one attached hydrogen (secondary N) is 2. The molecule has 0 bridgehead atoms. The molecule has 0 spiro atoms. The minimum Gasteiger partial charge on any atom is -0.340 e. The Labute approximate surface area is 173 Å². The lowest BCUT2D eigenvalue weighted by Gasteiger charge is -2.19. The van der Waals surface area contributed by atoms with E-state index in [-0.39, 0.29) is 22.8 Å². The van der Waals surface area contributed by atoms with Crippen LogP contribution in [-0.2, 0) is 10.0 Å². The van der Waals surface area contributed by atoms with Gasteiger partial charge >= 0.3 is 0 Å². The highest BCUT2D eigenvalue weighted by Gasteiger charge is 2.22. The van der Waals surface area contributed by atoms with Gasteiger partial charge in [-0.2, -0.15) is 0 Å². The molecule has 3 aromatic rings. The van der Waals surface area contributed by atoms with E-state index in [4.69, 9.17) is 0 Å². The van der Waals surface area contributed by atoms with Crippen molar-refractivity contribution < 1.29 is 17.6 Å². The standard InChI is InChI=1S/C21H21FN2O3S2/c1-3-23-29(26,27)17-11-6-14(2)18(13-17)21(25)24-20(19-5-4-12-28-19)15-7-9-16(22)10-8-15/h4-13,20,23H,3H2,1-2H3,(H,24,25). The van der Waals surface area contributed by atoms with Crippen LogP contribution in [0.3, 0.4) is 0 Å². The Hall–Kier alpha value is -2.55. The summed E-state index contributed by atoms with van der Waals surface area (Å²) in [5.41, 5.74) is 1.66. The lowest BCUT2D eigenvalue weighted by atomic mass is 10.0. The van der Waals surface area contributed by atoms with Crippen LogP contribution in [-0.4, -0.2) is 20.9 Å². The molecule has 5 nitrogen and oxygen atoms in total. The SMILES string of the molecule is CCNS(=O)(=O)c1ccc(C)c(C(=O)NC(c2ccc(F)cc2)c2cccs2)c1. The van der Waals surface area contributed by atoms with E-state index in [0.717, 1.165) is 10.4 Å². The number of hydrogen-bond donors (Lipinski definition) is 2. The third kappa shape index (κ3) is 4.90. The van der Waals surface area contributed by atoms with E-state index in [0.29, 0.717) is 5.56 Å². The van der Waals surface area contributed by atoms with Gasteiger partial charge in [0, 0.05) is 17.0 Å². The second-order valence-corrected chi connectivity index (χ2v) is 9.20. The fraction of sp³-hybridized carbons (Fsp3) is 0.190. The highest BCUT2D eigenvalue weighted by molar-refractivity contribution is 7.89. The van der Waals surface area contributed by atoms with Crippen molar-refractivity contribution >= 4 is 27.3 Å². The van der Waals surface area contributed by atoms with Crippen molar-refractivity contribution in [2.75, 3.05) is 6.54 Å². The van der Waals surface area contributed by atoms with E-state index < -0.39 is 22.0 Å². The van der Waals surface area contributed by atoms with Crippen LogP contribution in [0.2, 0.25) is 0 Å². The van der Waals surface area contributed by atoms with Gasteiger partial charge in [0.05, 0.1) is 10.9 Å². The maximum Gasteiger partial charge on any atom is 0.252 e. The van der Waals surface area contributed by atoms with Gasteiger partial charge in [0.15, 0.2) is 0 Å². The maximum atomic E-state index is 13.3. The van der Waals surface area contributed by atoms with Crippen molar-refractivity contribution in [2.24, 2.45) is 0 Å². The van der Waals surface area contributed by atoms with E-state index in [1.165, 1.54) is 35.6 Å². The molecule has 0 radical (unpaired) electrons. The number of sulfonamides is 1. The highest BCUT2D eigenvalue weighted by Crippen LogP contribution is 2.27. The van der Waals surface area contributed by atoms with Crippen LogP contribution >= 0.6 is 11.3 Å². The van der Waals surface area contributed by atoms with Gasteiger partial charge < -0.3 is 5.32 Å². The molecule has 0 fully saturated rings. The van der Waals surface area contributed by atoms with Crippen LogP contribution in [0, 0.1) is 12.7 Å². The Bertz CT molecular complexity index is 1100. The van der Waals surface area contributed by atoms with Gasteiger partial charge in [-0.1, -0.05) is 31.2 Å². The van der Waals surface area contributed by atoms with Gasteiger partial charge in [0.25, 0.3) is 5.91 Å². The summed E-state index contributed by atoms with van der Waals surface area (Å²) in [5.74, 6) is -0.763. The molecular formula is C21H21FN2O3S2. The minimum absolute atomic E-state index is 0.0320. The number of carbonyl (C=O) groups is 1. The topological polar surface area (TPSA) is 75.3 Å². The molecule has 1 heterocycles. The van der Waals surface area contributed by atoms with Crippen LogP contribution in [0.25, 0.3) is 0 Å². The lowest BCUT2D eigenvalue weighted by Crippen LogP contribution is -2.30. The van der Waals surface area contributed by atoms with Crippen LogP contribution in [0.1, 0.15) is 39.3 Å². The summed E-state index contributed by atoms with van der Waals surface area (Å²) in [6, 6.07) is 13.7. The molecule has 0 aliphatic heterocycles. The molecule has 1 amide bonds. The average Bonchev–Trinajstić information content (AvgIpc) is 3.21. The van der Waals surface area contributed by atoms with Crippen molar-refractivity contribution in [1.29, 1.82) is 0 Å². The second-order valence-electron chi connectivity index (χ2n) is 6.45. The highest BCUT2D eigenvalue weighted by atomic mass is 32.2. The first-order chi connectivity index (χ1) is 13.8. The van der Waals surface area contributed by atoms with E-state index in [9.17, 15) is 17.6 Å². The first-order valence-corrected chi connectivity index (χ1v) is 11.4. The predicted molar refractivity (Wildman–Crippen MR) is 112 cm³/mol. The number of aryl methyl sites for hydroxylation is 1. The monoisotopic (exact) mass is 432 g/mol. The Morgan fingerprint density at radius 1 is 1.14 bits per heavy atom. The van der Waals surface area contributed by atoms with E-state index in [1.54, 1.807) is 32.0 Å². The molecule has 1 atom stereocenters. The zero-order valence-corrected chi connectivity index (χ0v) is 17.6. The molecule has 0 saturated heterocycles. The Morgan fingerprint density at radius 3 is 2.48 bits per heavy atom. The molecule has 3 rings (SSSR count). The zero-order valence-electron chi connectivity index (χ0n) is 16.0. The summed E-state index contributed by atoms with van der Waals surface area (Å²) in [5, 5.41) is 4.85. The van der Waals surface area contributed by atoms with Crippen LogP contribution in [0.15, 0.2) is 64.9 Å². The van der Waals surface area contributed by atoms with Crippen LogP contribution in [0.4, 0.5) is 4.39 Å². The fourth-order valence-corrected chi connectivity index (χ4v) is 4.79. The predicted octanol–water partition coefficient (Wildman–Crippen LogP) is 4.01. The third-order valence-corrected chi connectivity index (χ3v) is 6.89. The van der Waals surface area contributed by atoms with Crippen molar-refractivity contribution in [3.05, 3.63) is 87.4 Å². The molecule has 0 aliphatic carbocycles. The first-order valence-electron chi connectivity index (χ1n) is 9.02. The van der Waals surface area contributed by atoms with Gasteiger partial charge in [0.1, 0.15) is 5.82 Å². The van der Waals surface area contributed by atoms with Gasteiger partial charge in [-0.05, 0) is 53.8 Å². The Kier molecular flexibility index (Phi) is 6.46. The van der Waals surface area contributed by atoms with Gasteiger partial charge in [-0.25, -0.2) is 17.5 Å². The number of rotatable bonds is 7. The second kappa shape index (κ2) is 8.86. The number of amides is 1. The summed E-state index contributed by atoms with van der Waals surface area (Å²) in [6.07, 6.45) is 0. The molecule has 0 saturated carbocycles. The molecule has 1 unspecified atom stereocenters. The molecule has 0 aliphatic rings. The molecule has 2 aromatic carbocycles. The molecule has 2 N–H and O–H groups in total. The van der Waals surface area contributed by atoms with Gasteiger partial charge in [-0.3, -0.25) is 4.79 Å². The molecular weight excluding hydrogens is 411 g/mol. The number of benzene rings is 2. The van der Waals surface area contributed by atoms with Crippen molar-refractivity contribution in [3.63, 3.8) is 0 Å². The zero-order chi connectivity index (χ0) is 21.0. The van der Waals surface area contributed by atoms with E-state index in [1.807, 2.05) is 17.5 Å². The van der Waals surface area contributed by atoms with Crippen LogP contribution < -0.4 is 10.0 Å². The normalized spacial score (nSPS) is 12.5. The van der Waals surface area contributed by atoms with Gasteiger partial charge in [0.2, 0.25) is 10.0 Å². The van der Waals surface area contributed by atoms with E-state index >= 15 is 0 Å².